The van der Waals surface area contributed by atoms with E-state index in [0.29, 0.717) is 11.6 Å². The number of hydrogen-bond acceptors (Lipinski definition) is 3. The van der Waals surface area contributed by atoms with E-state index < -0.39 is 0 Å². The maximum absolute atomic E-state index is 11.0. The van der Waals surface area contributed by atoms with Gasteiger partial charge in [0.15, 0.2) is 0 Å². The number of fused-ring (bicyclic) bond motifs is 1. The number of carbonyl (C=O) groups is 1. The molecule has 1 aliphatic heterocycles. The maximum Gasteiger partial charge on any atom is 0.235 e. The summed E-state index contributed by atoms with van der Waals surface area (Å²) in [6.45, 7) is 5.91. The Morgan fingerprint density at radius 1 is 1.43 bits per heavy atom. The number of pyridine rings is 1. The normalized spacial score (nSPS) is 13.5. The molecule has 76 valence electrons. The molecule has 1 aromatic rings. The van der Waals surface area contributed by atoms with Crippen LogP contribution in [0.2, 0.25) is 0 Å². The van der Waals surface area contributed by atoms with E-state index in [9.17, 15) is 4.79 Å². The van der Waals surface area contributed by atoms with Crippen LogP contribution in [0.3, 0.4) is 0 Å². The minimum absolute atomic E-state index is 0.0330. The van der Waals surface area contributed by atoms with Gasteiger partial charge in [0.2, 0.25) is 5.91 Å². The number of thioether (sulfide) groups is 1. The first-order valence-electron chi connectivity index (χ1n) is 4.66. The summed E-state index contributed by atoms with van der Waals surface area (Å²) in [5.74, 6) is 1.24. The number of nitrogens with one attached hydrogen (secondary N) is 1. The lowest BCUT2D eigenvalue weighted by atomic mass is 10.3. The molecule has 0 bridgehead atoms. The Morgan fingerprint density at radius 2 is 2.14 bits per heavy atom. The van der Waals surface area contributed by atoms with Crippen LogP contribution in [0, 0.1) is 6.92 Å². The van der Waals surface area contributed by atoms with Gasteiger partial charge in [-0.1, -0.05) is 13.8 Å². The number of aromatic nitrogens is 1. The van der Waals surface area contributed by atoms with Crippen LogP contribution >= 0.6 is 11.8 Å². The summed E-state index contributed by atoms with van der Waals surface area (Å²) >= 11 is 1.53. The predicted molar refractivity (Wildman–Crippen MR) is 59.7 cm³/mol. The fourth-order valence-corrected chi connectivity index (χ4v) is 1.82. The van der Waals surface area contributed by atoms with Crippen LogP contribution < -0.4 is 5.32 Å². The predicted octanol–water partition coefficient (Wildman–Crippen LogP) is 2.46. The van der Waals surface area contributed by atoms with Crippen LogP contribution in [0.4, 0.5) is 5.82 Å². The molecule has 0 unspecified atom stereocenters. The standard InChI is InChI=1S/C8H8N2OS.C2H6/c1-5-2-3-6-8(9-5)10-7(11)4-12-6;1-2/h2-3H,4H2,1H3,(H,9,10,11);1-2H3. The first kappa shape index (κ1) is 11.0. The average Bonchev–Trinajstić information content (AvgIpc) is 2.20. The van der Waals surface area contributed by atoms with Crippen molar-refractivity contribution in [2.75, 3.05) is 11.1 Å². The molecule has 2 rings (SSSR count). The zero-order valence-corrected chi connectivity index (χ0v) is 9.44. The van der Waals surface area contributed by atoms with Crippen LogP contribution in [0.25, 0.3) is 0 Å². The SMILES string of the molecule is CC.Cc1ccc2c(n1)NC(=O)CS2. The summed E-state index contributed by atoms with van der Waals surface area (Å²) in [7, 11) is 0. The number of nitrogens with zero attached hydrogens (tertiary/aromatic N) is 1. The van der Waals surface area contributed by atoms with Gasteiger partial charge in [0.05, 0.1) is 10.6 Å². The van der Waals surface area contributed by atoms with Gasteiger partial charge < -0.3 is 5.32 Å². The second-order valence-electron chi connectivity index (χ2n) is 2.64. The molecule has 0 fully saturated rings. The van der Waals surface area contributed by atoms with Crippen molar-refractivity contribution in [1.82, 2.24) is 4.98 Å². The number of amides is 1. The quantitative estimate of drug-likeness (QED) is 0.715. The molecular formula is C10H14N2OS. The van der Waals surface area contributed by atoms with Gasteiger partial charge in [-0.25, -0.2) is 4.98 Å². The Labute approximate surface area is 88.3 Å². The van der Waals surface area contributed by atoms with Crippen LogP contribution in [0.1, 0.15) is 19.5 Å². The highest BCUT2D eigenvalue weighted by Gasteiger charge is 2.15. The van der Waals surface area contributed by atoms with Crippen molar-refractivity contribution in [1.29, 1.82) is 0 Å². The lowest BCUT2D eigenvalue weighted by Gasteiger charge is -2.14. The lowest BCUT2D eigenvalue weighted by Crippen LogP contribution is -2.19. The molecule has 0 atom stereocenters. The summed E-state index contributed by atoms with van der Waals surface area (Å²) < 4.78 is 0. The van der Waals surface area contributed by atoms with E-state index in [1.165, 1.54) is 11.8 Å². The Hall–Kier alpha value is -1.03. The van der Waals surface area contributed by atoms with E-state index >= 15 is 0 Å². The van der Waals surface area contributed by atoms with Crippen molar-refractivity contribution in [2.45, 2.75) is 25.7 Å². The molecule has 1 aromatic heterocycles. The van der Waals surface area contributed by atoms with E-state index in [1.807, 2.05) is 32.9 Å². The molecule has 0 aliphatic carbocycles. The van der Waals surface area contributed by atoms with Gasteiger partial charge in [0.1, 0.15) is 5.82 Å². The lowest BCUT2D eigenvalue weighted by molar-refractivity contribution is -0.113. The molecule has 0 spiro atoms. The summed E-state index contributed by atoms with van der Waals surface area (Å²) in [5.41, 5.74) is 0.927. The maximum atomic E-state index is 11.0. The van der Waals surface area contributed by atoms with E-state index in [2.05, 4.69) is 10.3 Å². The average molecular weight is 210 g/mol. The highest BCUT2D eigenvalue weighted by molar-refractivity contribution is 8.00. The summed E-state index contributed by atoms with van der Waals surface area (Å²) in [5, 5.41) is 2.73. The van der Waals surface area contributed by atoms with Crippen LogP contribution in [0.15, 0.2) is 17.0 Å². The van der Waals surface area contributed by atoms with Gasteiger partial charge in [-0.3, -0.25) is 4.79 Å². The number of hydrogen-bond donors (Lipinski definition) is 1. The second-order valence-corrected chi connectivity index (χ2v) is 3.65. The van der Waals surface area contributed by atoms with Gasteiger partial charge in [-0.05, 0) is 19.1 Å². The zero-order valence-electron chi connectivity index (χ0n) is 8.63. The molecule has 0 saturated heterocycles. The Balaban J connectivity index is 0.000000461. The van der Waals surface area contributed by atoms with Crippen molar-refractivity contribution < 1.29 is 4.79 Å². The van der Waals surface area contributed by atoms with E-state index in [1.54, 1.807) is 0 Å². The van der Waals surface area contributed by atoms with Gasteiger partial charge in [-0.2, -0.15) is 0 Å². The second kappa shape index (κ2) is 5.00. The molecule has 0 saturated carbocycles. The molecule has 14 heavy (non-hydrogen) atoms. The van der Waals surface area contributed by atoms with Crippen molar-refractivity contribution in [3.63, 3.8) is 0 Å². The molecule has 1 amide bonds. The van der Waals surface area contributed by atoms with Crippen LogP contribution in [0.5, 0.6) is 0 Å². The smallest absolute Gasteiger partial charge is 0.235 e. The third kappa shape index (κ3) is 2.48. The van der Waals surface area contributed by atoms with Gasteiger partial charge >= 0.3 is 0 Å². The highest BCUT2D eigenvalue weighted by atomic mass is 32.2. The molecule has 4 heteroatoms. The van der Waals surface area contributed by atoms with E-state index in [4.69, 9.17) is 0 Å². The van der Waals surface area contributed by atoms with Crippen molar-refractivity contribution in [2.24, 2.45) is 0 Å². The largest absolute Gasteiger partial charge is 0.309 e. The monoisotopic (exact) mass is 210 g/mol. The molecule has 2 heterocycles. The van der Waals surface area contributed by atoms with Gasteiger partial charge in [0.25, 0.3) is 0 Å². The van der Waals surface area contributed by atoms with E-state index in [0.717, 1.165) is 10.6 Å². The number of aryl methyl sites for hydroxylation is 1. The molecule has 0 aromatic carbocycles. The summed E-state index contributed by atoms with van der Waals surface area (Å²) in [6.07, 6.45) is 0. The number of anilines is 1. The third-order valence-electron chi connectivity index (χ3n) is 1.61. The Kier molecular flexibility index (Phi) is 3.95. The molecule has 0 radical (unpaired) electrons. The first-order chi connectivity index (χ1) is 6.75. The zero-order chi connectivity index (χ0) is 10.6. The summed E-state index contributed by atoms with van der Waals surface area (Å²) in [6, 6.07) is 3.94. The fraction of sp³-hybridized carbons (Fsp3) is 0.400. The Morgan fingerprint density at radius 3 is 2.86 bits per heavy atom. The molecular weight excluding hydrogens is 196 g/mol. The van der Waals surface area contributed by atoms with Gasteiger partial charge in [0, 0.05) is 5.69 Å². The van der Waals surface area contributed by atoms with Crippen molar-refractivity contribution >= 4 is 23.5 Å². The van der Waals surface area contributed by atoms with Crippen molar-refractivity contribution in [3.05, 3.63) is 17.8 Å². The number of rotatable bonds is 0. The minimum atomic E-state index is 0.0330. The topological polar surface area (TPSA) is 42.0 Å². The molecule has 3 nitrogen and oxygen atoms in total. The molecule has 1 aliphatic rings. The van der Waals surface area contributed by atoms with Crippen LogP contribution in [-0.2, 0) is 4.79 Å². The number of carbonyl (C=O) groups excluding carboxylic acids is 1. The summed E-state index contributed by atoms with van der Waals surface area (Å²) in [4.78, 5) is 16.2. The Bertz CT molecular complexity index is 339. The third-order valence-corrected chi connectivity index (χ3v) is 2.66. The van der Waals surface area contributed by atoms with Crippen molar-refractivity contribution in [3.8, 4) is 0 Å². The highest BCUT2D eigenvalue weighted by Crippen LogP contribution is 2.29. The van der Waals surface area contributed by atoms with Crippen LogP contribution in [-0.4, -0.2) is 16.6 Å². The van der Waals surface area contributed by atoms with Gasteiger partial charge in [-0.15, -0.1) is 11.8 Å². The first-order valence-corrected chi connectivity index (χ1v) is 5.64. The minimum Gasteiger partial charge on any atom is -0.309 e. The fourth-order valence-electron chi connectivity index (χ4n) is 1.06. The van der Waals surface area contributed by atoms with E-state index in [-0.39, 0.29) is 5.91 Å². The molecule has 1 N–H and O–H groups in total.